The van der Waals surface area contributed by atoms with Gasteiger partial charge in [0, 0.05) is 31.2 Å². The Kier molecular flexibility index (Phi) is 8.21. The van der Waals surface area contributed by atoms with Crippen LogP contribution in [-0.2, 0) is 11.2 Å². The quantitative estimate of drug-likeness (QED) is 0.489. The zero-order valence-corrected chi connectivity index (χ0v) is 21.9. The number of benzene rings is 2. The van der Waals surface area contributed by atoms with Crippen molar-refractivity contribution in [3.63, 3.8) is 0 Å². The monoisotopic (exact) mass is 537 g/mol. The minimum atomic E-state index is -0.901. The molecule has 5 rings (SSSR count). The molecule has 0 bridgehead atoms. The molecule has 1 aliphatic carbocycles. The van der Waals surface area contributed by atoms with Gasteiger partial charge in [-0.3, -0.25) is 4.79 Å². The Morgan fingerprint density at radius 2 is 1.90 bits per heavy atom. The van der Waals surface area contributed by atoms with Gasteiger partial charge in [-0.05, 0) is 37.0 Å². The average Bonchev–Trinajstić information content (AvgIpc) is 3.40. The summed E-state index contributed by atoms with van der Waals surface area (Å²) in [7, 11) is 1.35. The third-order valence-electron chi connectivity index (χ3n) is 7.69. The number of hydrogen-bond acceptors (Lipinski definition) is 5. The minimum Gasteiger partial charge on any atom is -0.453 e. The number of amides is 2. The average molecular weight is 538 g/mol. The Balaban J connectivity index is 1.49. The van der Waals surface area contributed by atoms with E-state index in [2.05, 4.69) is 15.6 Å². The molecule has 39 heavy (non-hydrogen) atoms. The van der Waals surface area contributed by atoms with Crippen LogP contribution in [0.3, 0.4) is 0 Å². The molecule has 206 valence electrons. The van der Waals surface area contributed by atoms with E-state index in [0.29, 0.717) is 43.0 Å². The van der Waals surface area contributed by atoms with Crippen molar-refractivity contribution >= 4 is 12.0 Å². The fourth-order valence-electron chi connectivity index (χ4n) is 5.76. The van der Waals surface area contributed by atoms with E-state index in [-0.39, 0.29) is 24.0 Å². The molecule has 8 nitrogen and oxygen atoms in total. The first kappa shape index (κ1) is 26.8. The number of nitrogens with zero attached hydrogens (tertiary/aromatic N) is 3. The Labute approximate surface area is 226 Å². The van der Waals surface area contributed by atoms with Crippen molar-refractivity contribution in [2.75, 3.05) is 26.7 Å². The van der Waals surface area contributed by atoms with Crippen molar-refractivity contribution in [3.05, 3.63) is 77.8 Å². The van der Waals surface area contributed by atoms with E-state index >= 15 is 0 Å². The molecule has 1 aliphatic heterocycles. The lowest BCUT2D eigenvalue weighted by atomic mass is 9.89. The van der Waals surface area contributed by atoms with Gasteiger partial charge in [0.15, 0.2) is 17.3 Å². The summed E-state index contributed by atoms with van der Waals surface area (Å²) in [5.41, 5.74) is 2.51. The number of carbonyl (C=O) groups is 2. The number of piperazine rings is 1. The normalized spacial score (nSPS) is 21.4. The lowest BCUT2D eigenvalue weighted by Gasteiger charge is -2.36. The standard InChI is InChI=1S/C29H33F2N5O3/c1-39-29(38)34-24-9-5-6-10-25(24)36-18-33-26(27(36)20-7-3-2-4-8-20)28(37)35-14-13-32-17-21(35)15-19-11-12-22(30)23(31)16-19/h2-4,7-8,11-12,16,18,21,24-25,32H,5-6,9-10,13-15,17H2,1H3,(H,34,38)/t21-,24+,25+/m1/s1. The maximum absolute atomic E-state index is 14.1. The SMILES string of the molecule is COC(=O)N[C@H]1CCCC[C@@H]1n1cnc(C(=O)N2CCNC[C@H]2Cc2ccc(F)c(F)c2)c1-c1ccccc1. The lowest BCUT2D eigenvalue weighted by molar-refractivity contribution is 0.0631. The fourth-order valence-corrected chi connectivity index (χ4v) is 5.76. The van der Waals surface area contributed by atoms with Gasteiger partial charge in [0.25, 0.3) is 5.91 Å². The van der Waals surface area contributed by atoms with Gasteiger partial charge in [-0.25, -0.2) is 18.6 Å². The van der Waals surface area contributed by atoms with Crippen LogP contribution >= 0.6 is 0 Å². The minimum absolute atomic E-state index is 0.0943. The summed E-state index contributed by atoms with van der Waals surface area (Å²) >= 11 is 0. The van der Waals surface area contributed by atoms with Crippen LogP contribution in [0.4, 0.5) is 13.6 Å². The second-order valence-electron chi connectivity index (χ2n) is 10.1. The van der Waals surface area contributed by atoms with Crippen LogP contribution in [0.25, 0.3) is 11.3 Å². The van der Waals surface area contributed by atoms with E-state index in [1.165, 1.54) is 13.2 Å². The molecule has 0 unspecified atom stereocenters. The van der Waals surface area contributed by atoms with Crippen LogP contribution in [0.2, 0.25) is 0 Å². The molecule has 0 spiro atoms. The van der Waals surface area contributed by atoms with Crippen molar-refractivity contribution in [1.29, 1.82) is 0 Å². The molecular formula is C29H33F2N5O3. The van der Waals surface area contributed by atoms with Crippen LogP contribution < -0.4 is 10.6 Å². The van der Waals surface area contributed by atoms with Gasteiger partial charge in [-0.15, -0.1) is 0 Å². The van der Waals surface area contributed by atoms with E-state index in [1.807, 2.05) is 34.9 Å². The van der Waals surface area contributed by atoms with Crippen molar-refractivity contribution in [1.82, 2.24) is 25.1 Å². The van der Waals surface area contributed by atoms with E-state index < -0.39 is 17.7 Å². The molecule has 3 aromatic rings. The highest BCUT2D eigenvalue weighted by Gasteiger charge is 2.35. The van der Waals surface area contributed by atoms with Gasteiger partial charge in [0.1, 0.15) is 0 Å². The lowest BCUT2D eigenvalue weighted by Crippen LogP contribution is -2.54. The van der Waals surface area contributed by atoms with Crippen LogP contribution in [-0.4, -0.2) is 65.3 Å². The van der Waals surface area contributed by atoms with Gasteiger partial charge >= 0.3 is 6.09 Å². The Morgan fingerprint density at radius 1 is 1.10 bits per heavy atom. The summed E-state index contributed by atoms with van der Waals surface area (Å²) in [5.74, 6) is -2.01. The Bertz CT molecular complexity index is 1320. The van der Waals surface area contributed by atoms with Crippen molar-refractivity contribution in [2.45, 2.75) is 50.2 Å². The summed E-state index contributed by atoms with van der Waals surface area (Å²) in [6.45, 7) is 1.61. The highest BCUT2D eigenvalue weighted by Crippen LogP contribution is 2.35. The van der Waals surface area contributed by atoms with Gasteiger partial charge < -0.3 is 24.8 Å². The number of halogens is 2. The van der Waals surface area contributed by atoms with E-state index in [0.717, 1.165) is 37.3 Å². The van der Waals surface area contributed by atoms with Crippen molar-refractivity contribution in [3.8, 4) is 11.3 Å². The maximum Gasteiger partial charge on any atom is 0.407 e. The van der Waals surface area contributed by atoms with Crippen LogP contribution in [0, 0.1) is 11.6 Å². The second-order valence-corrected chi connectivity index (χ2v) is 10.1. The Hall–Kier alpha value is -3.79. The highest BCUT2D eigenvalue weighted by molar-refractivity contribution is 5.98. The molecule has 1 saturated heterocycles. The van der Waals surface area contributed by atoms with E-state index in [9.17, 15) is 18.4 Å². The van der Waals surface area contributed by atoms with Crippen LogP contribution in [0.15, 0.2) is 54.9 Å². The van der Waals surface area contributed by atoms with E-state index in [4.69, 9.17) is 4.74 Å². The van der Waals surface area contributed by atoms with Gasteiger partial charge in [-0.2, -0.15) is 0 Å². The molecule has 3 atom stereocenters. The smallest absolute Gasteiger partial charge is 0.407 e. The number of ether oxygens (including phenoxy) is 1. The van der Waals surface area contributed by atoms with Crippen molar-refractivity contribution < 1.29 is 23.1 Å². The molecule has 1 saturated carbocycles. The summed E-state index contributed by atoms with van der Waals surface area (Å²) in [6, 6.07) is 13.0. The number of carbonyl (C=O) groups excluding carboxylic acids is 2. The number of alkyl carbamates (subject to hydrolysis) is 1. The zero-order chi connectivity index (χ0) is 27.4. The molecule has 2 N–H and O–H groups in total. The molecule has 2 amide bonds. The summed E-state index contributed by atoms with van der Waals surface area (Å²) < 4.78 is 34.3. The van der Waals surface area contributed by atoms with Crippen molar-refractivity contribution in [2.24, 2.45) is 0 Å². The zero-order valence-electron chi connectivity index (χ0n) is 21.9. The van der Waals surface area contributed by atoms with Crippen LogP contribution in [0.5, 0.6) is 0 Å². The molecule has 10 heteroatoms. The highest BCUT2D eigenvalue weighted by atomic mass is 19.2. The second kappa shape index (κ2) is 11.9. The molecule has 2 fully saturated rings. The predicted octanol–water partition coefficient (Wildman–Crippen LogP) is 4.32. The number of methoxy groups -OCH3 is 1. The number of aromatic nitrogens is 2. The van der Waals surface area contributed by atoms with Gasteiger partial charge in [-0.1, -0.05) is 49.2 Å². The molecular weight excluding hydrogens is 504 g/mol. The Morgan fingerprint density at radius 3 is 2.67 bits per heavy atom. The molecule has 2 aromatic carbocycles. The first-order chi connectivity index (χ1) is 19.0. The predicted molar refractivity (Wildman–Crippen MR) is 142 cm³/mol. The largest absolute Gasteiger partial charge is 0.453 e. The van der Waals surface area contributed by atoms with Gasteiger partial charge in [0.2, 0.25) is 0 Å². The number of nitrogens with one attached hydrogen (secondary N) is 2. The van der Waals surface area contributed by atoms with E-state index in [1.54, 1.807) is 17.3 Å². The summed E-state index contributed by atoms with van der Waals surface area (Å²) in [4.78, 5) is 32.6. The van der Waals surface area contributed by atoms with Gasteiger partial charge in [0.05, 0.1) is 31.2 Å². The molecule has 2 aliphatic rings. The summed E-state index contributed by atoms with van der Waals surface area (Å²) in [5, 5.41) is 6.28. The first-order valence-electron chi connectivity index (χ1n) is 13.4. The maximum atomic E-state index is 14.1. The molecule has 2 heterocycles. The van der Waals surface area contributed by atoms with Crippen LogP contribution in [0.1, 0.15) is 47.8 Å². The number of hydrogen-bond donors (Lipinski definition) is 2. The third kappa shape index (κ3) is 5.80. The third-order valence-corrected chi connectivity index (χ3v) is 7.69. The first-order valence-corrected chi connectivity index (χ1v) is 13.4. The molecule has 0 radical (unpaired) electrons. The topological polar surface area (TPSA) is 88.5 Å². The number of rotatable bonds is 6. The summed E-state index contributed by atoms with van der Waals surface area (Å²) in [6.07, 6.45) is 5.20. The fraction of sp³-hybridized carbons (Fsp3) is 0.414. The molecule has 1 aromatic heterocycles. The number of imidazole rings is 1.